The monoisotopic (exact) mass is 279 g/mol. The Morgan fingerprint density at radius 1 is 1.35 bits per heavy atom. The minimum absolute atomic E-state index is 0.0555. The molecule has 3 nitrogen and oxygen atoms in total. The zero-order valence-corrected chi connectivity index (χ0v) is 12.3. The third kappa shape index (κ3) is 5.97. The second kappa shape index (κ2) is 8.48. The van der Waals surface area contributed by atoms with Crippen molar-refractivity contribution >= 4 is 12.0 Å². The SMILES string of the molecule is COCCN(CC(C)C)C(=O)/C=C/c1ccc(F)cc1. The molecule has 0 aliphatic rings. The van der Waals surface area contributed by atoms with Crippen LogP contribution in [0.25, 0.3) is 6.08 Å². The van der Waals surface area contributed by atoms with Gasteiger partial charge < -0.3 is 9.64 Å². The number of benzene rings is 1. The molecule has 0 aromatic heterocycles. The lowest BCUT2D eigenvalue weighted by Gasteiger charge is -2.22. The molecule has 0 saturated carbocycles. The Bertz CT molecular complexity index is 440. The van der Waals surface area contributed by atoms with E-state index >= 15 is 0 Å². The number of rotatable bonds is 7. The molecule has 1 aromatic rings. The second-order valence-corrected chi connectivity index (χ2v) is 5.06. The summed E-state index contributed by atoms with van der Waals surface area (Å²) in [7, 11) is 1.62. The second-order valence-electron chi connectivity index (χ2n) is 5.06. The number of hydrogen-bond acceptors (Lipinski definition) is 2. The van der Waals surface area contributed by atoms with Crippen LogP contribution in [-0.4, -0.2) is 37.6 Å². The normalized spacial score (nSPS) is 11.2. The van der Waals surface area contributed by atoms with Crippen LogP contribution in [0.2, 0.25) is 0 Å². The lowest BCUT2D eigenvalue weighted by molar-refractivity contribution is -0.127. The largest absolute Gasteiger partial charge is 0.383 e. The maximum atomic E-state index is 12.8. The van der Waals surface area contributed by atoms with E-state index in [0.717, 1.165) is 5.56 Å². The molecule has 1 aromatic carbocycles. The van der Waals surface area contributed by atoms with Crippen LogP contribution in [0.5, 0.6) is 0 Å². The molecule has 0 bridgehead atoms. The third-order valence-corrected chi connectivity index (χ3v) is 2.75. The van der Waals surface area contributed by atoms with E-state index in [1.165, 1.54) is 18.2 Å². The van der Waals surface area contributed by atoms with Gasteiger partial charge in [0.25, 0.3) is 0 Å². The highest BCUT2D eigenvalue weighted by Crippen LogP contribution is 2.06. The Morgan fingerprint density at radius 3 is 2.55 bits per heavy atom. The molecule has 4 heteroatoms. The van der Waals surface area contributed by atoms with Gasteiger partial charge in [-0.15, -0.1) is 0 Å². The smallest absolute Gasteiger partial charge is 0.246 e. The van der Waals surface area contributed by atoms with Gasteiger partial charge in [-0.2, -0.15) is 0 Å². The highest BCUT2D eigenvalue weighted by atomic mass is 19.1. The van der Waals surface area contributed by atoms with E-state index in [-0.39, 0.29) is 11.7 Å². The minimum Gasteiger partial charge on any atom is -0.383 e. The van der Waals surface area contributed by atoms with Gasteiger partial charge in [0.1, 0.15) is 5.82 Å². The average molecular weight is 279 g/mol. The van der Waals surface area contributed by atoms with Crippen LogP contribution in [0.15, 0.2) is 30.3 Å². The van der Waals surface area contributed by atoms with Crippen molar-refractivity contribution < 1.29 is 13.9 Å². The van der Waals surface area contributed by atoms with Crippen LogP contribution >= 0.6 is 0 Å². The first-order chi connectivity index (χ1) is 9.52. The lowest BCUT2D eigenvalue weighted by Crippen LogP contribution is -2.35. The van der Waals surface area contributed by atoms with Crippen molar-refractivity contribution in [3.63, 3.8) is 0 Å². The number of ether oxygens (including phenoxy) is 1. The first-order valence-electron chi connectivity index (χ1n) is 6.74. The molecule has 0 heterocycles. The van der Waals surface area contributed by atoms with Crippen molar-refractivity contribution in [2.24, 2.45) is 5.92 Å². The molecule has 0 spiro atoms. The van der Waals surface area contributed by atoms with Gasteiger partial charge in [0.2, 0.25) is 5.91 Å². The van der Waals surface area contributed by atoms with Gasteiger partial charge in [-0.05, 0) is 29.7 Å². The molecule has 1 rings (SSSR count). The van der Waals surface area contributed by atoms with Gasteiger partial charge in [0.05, 0.1) is 6.61 Å². The summed E-state index contributed by atoms with van der Waals surface area (Å²) in [5, 5.41) is 0. The molecular formula is C16H22FNO2. The predicted octanol–water partition coefficient (Wildman–Crippen LogP) is 2.97. The molecule has 0 atom stereocenters. The zero-order valence-electron chi connectivity index (χ0n) is 12.3. The predicted molar refractivity (Wildman–Crippen MR) is 78.7 cm³/mol. The number of methoxy groups -OCH3 is 1. The van der Waals surface area contributed by atoms with Gasteiger partial charge in [-0.3, -0.25) is 4.79 Å². The highest BCUT2D eigenvalue weighted by Gasteiger charge is 2.11. The van der Waals surface area contributed by atoms with Crippen molar-refractivity contribution in [3.8, 4) is 0 Å². The molecule has 0 fully saturated rings. The average Bonchev–Trinajstić information content (AvgIpc) is 2.42. The van der Waals surface area contributed by atoms with E-state index in [2.05, 4.69) is 13.8 Å². The summed E-state index contributed by atoms with van der Waals surface area (Å²) in [5.74, 6) is 0.0603. The van der Waals surface area contributed by atoms with Gasteiger partial charge in [-0.1, -0.05) is 26.0 Å². The van der Waals surface area contributed by atoms with Crippen molar-refractivity contribution in [2.45, 2.75) is 13.8 Å². The molecule has 0 saturated heterocycles. The third-order valence-electron chi connectivity index (χ3n) is 2.75. The van der Waals surface area contributed by atoms with Crippen molar-refractivity contribution in [1.29, 1.82) is 0 Å². The summed E-state index contributed by atoms with van der Waals surface area (Å²) in [4.78, 5) is 13.9. The molecule has 0 aliphatic carbocycles. The number of hydrogen-bond donors (Lipinski definition) is 0. The summed E-state index contributed by atoms with van der Waals surface area (Å²) >= 11 is 0. The van der Waals surface area contributed by atoms with E-state index < -0.39 is 0 Å². The summed E-state index contributed by atoms with van der Waals surface area (Å²) < 4.78 is 17.8. The van der Waals surface area contributed by atoms with Crippen molar-refractivity contribution in [3.05, 3.63) is 41.7 Å². The summed E-state index contributed by atoms with van der Waals surface area (Å²) in [6.45, 7) is 5.91. The zero-order chi connectivity index (χ0) is 15.0. The van der Waals surface area contributed by atoms with Crippen LogP contribution < -0.4 is 0 Å². The van der Waals surface area contributed by atoms with E-state index in [9.17, 15) is 9.18 Å². The van der Waals surface area contributed by atoms with E-state index in [1.54, 1.807) is 30.2 Å². The fourth-order valence-electron chi connectivity index (χ4n) is 1.78. The van der Waals surface area contributed by atoms with Crippen molar-refractivity contribution in [2.75, 3.05) is 26.8 Å². The van der Waals surface area contributed by atoms with Crippen LogP contribution in [0.4, 0.5) is 4.39 Å². The van der Waals surface area contributed by atoms with Crippen LogP contribution in [-0.2, 0) is 9.53 Å². The van der Waals surface area contributed by atoms with Gasteiger partial charge in [0, 0.05) is 26.3 Å². The Morgan fingerprint density at radius 2 is 2.00 bits per heavy atom. The molecule has 1 amide bonds. The Hall–Kier alpha value is -1.68. The molecule has 0 unspecified atom stereocenters. The summed E-state index contributed by atoms with van der Waals surface area (Å²) in [5.41, 5.74) is 0.802. The van der Waals surface area contributed by atoms with Gasteiger partial charge >= 0.3 is 0 Å². The lowest BCUT2D eigenvalue weighted by atomic mass is 10.2. The van der Waals surface area contributed by atoms with E-state index in [4.69, 9.17) is 4.74 Å². The van der Waals surface area contributed by atoms with Crippen molar-refractivity contribution in [1.82, 2.24) is 4.90 Å². The molecule has 0 aliphatic heterocycles. The number of carbonyl (C=O) groups excluding carboxylic acids is 1. The highest BCUT2D eigenvalue weighted by molar-refractivity contribution is 5.91. The Balaban J connectivity index is 2.66. The van der Waals surface area contributed by atoms with Crippen LogP contribution in [0.3, 0.4) is 0 Å². The van der Waals surface area contributed by atoms with Gasteiger partial charge in [0.15, 0.2) is 0 Å². The topological polar surface area (TPSA) is 29.5 Å². The quantitative estimate of drug-likeness (QED) is 0.718. The standard InChI is InChI=1S/C16H22FNO2/c1-13(2)12-18(10-11-20-3)16(19)9-6-14-4-7-15(17)8-5-14/h4-9,13H,10-12H2,1-3H3/b9-6+. The number of amides is 1. The summed E-state index contributed by atoms with van der Waals surface area (Å²) in [6, 6.07) is 6.03. The van der Waals surface area contributed by atoms with E-state index in [0.29, 0.717) is 25.6 Å². The molecule has 0 radical (unpaired) electrons. The fourth-order valence-corrected chi connectivity index (χ4v) is 1.78. The summed E-state index contributed by atoms with van der Waals surface area (Å²) in [6.07, 6.45) is 3.22. The van der Waals surface area contributed by atoms with Gasteiger partial charge in [-0.25, -0.2) is 4.39 Å². The fraction of sp³-hybridized carbons (Fsp3) is 0.438. The number of halogens is 1. The van der Waals surface area contributed by atoms with Crippen LogP contribution in [0.1, 0.15) is 19.4 Å². The molecule has 0 N–H and O–H groups in total. The molecule has 20 heavy (non-hydrogen) atoms. The first-order valence-corrected chi connectivity index (χ1v) is 6.74. The Labute approximate surface area is 120 Å². The minimum atomic E-state index is -0.282. The number of carbonyl (C=O) groups is 1. The number of nitrogens with zero attached hydrogens (tertiary/aromatic N) is 1. The first kappa shape index (κ1) is 16.4. The molecular weight excluding hydrogens is 257 g/mol. The van der Waals surface area contributed by atoms with E-state index in [1.807, 2.05) is 0 Å². The Kier molecular flexibility index (Phi) is 6.94. The maximum absolute atomic E-state index is 12.8. The molecule has 110 valence electrons. The van der Waals surface area contributed by atoms with Crippen LogP contribution in [0, 0.1) is 11.7 Å². The maximum Gasteiger partial charge on any atom is 0.246 e.